The number of carbonyl (C=O) groups excluding carboxylic acids is 2. The fourth-order valence-electron chi connectivity index (χ4n) is 3.00. The molecule has 2 aromatic rings. The summed E-state index contributed by atoms with van der Waals surface area (Å²) >= 11 is 1.35. The van der Waals surface area contributed by atoms with Crippen LogP contribution in [0.25, 0.3) is 0 Å². The Bertz CT molecular complexity index is 736. The molecule has 1 aromatic carbocycles. The number of ether oxygens (including phenoxy) is 1. The Morgan fingerprint density at radius 2 is 2.07 bits per heavy atom. The number of rotatable bonds is 7. The van der Waals surface area contributed by atoms with E-state index in [1.807, 2.05) is 29.6 Å². The van der Waals surface area contributed by atoms with Gasteiger partial charge in [-0.05, 0) is 23.9 Å². The third-order valence-electron chi connectivity index (χ3n) is 4.46. The third kappa shape index (κ3) is 5.89. The van der Waals surface area contributed by atoms with Crippen LogP contribution in [0.4, 0.5) is 0 Å². The maximum Gasteiger partial charge on any atom is 0.261 e. The van der Waals surface area contributed by atoms with Crippen LogP contribution in [0, 0.1) is 0 Å². The fraction of sp³-hybridized carbons (Fsp3) is 0.400. The second-order valence-corrected chi connectivity index (χ2v) is 7.58. The summed E-state index contributed by atoms with van der Waals surface area (Å²) in [6.07, 6.45) is -0.0494. The van der Waals surface area contributed by atoms with Gasteiger partial charge in [-0.15, -0.1) is 11.3 Å². The number of nitrogens with one attached hydrogen (secondary N) is 2. The number of amides is 2. The Morgan fingerprint density at radius 1 is 1.26 bits per heavy atom. The normalized spacial score (nSPS) is 18.6. The zero-order valence-corrected chi connectivity index (χ0v) is 16.2. The Balaban J connectivity index is 1.42. The lowest BCUT2D eigenvalue weighted by molar-refractivity contribution is -0.123. The van der Waals surface area contributed by atoms with Crippen molar-refractivity contribution in [3.63, 3.8) is 0 Å². The van der Waals surface area contributed by atoms with E-state index in [1.165, 1.54) is 16.9 Å². The highest BCUT2D eigenvalue weighted by Gasteiger charge is 2.23. The predicted octanol–water partition coefficient (Wildman–Crippen LogP) is 1.88. The molecule has 0 aliphatic carbocycles. The molecular formula is C20H25N3O3S. The van der Waals surface area contributed by atoms with Crippen molar-refractivity contribution >= 4 is 23.2 Å². The smallest absolute Gasteiger partial charge is 0.261 e. The van der Waals surface area contributed by atoms with E-state index in [1.54, 1.807) is 13.0 Å². The van der Waals surface area contributed by atoms with Gasteiger partial charge in [-0.1, -0.05) is 36.4 Å². The number of carbonyl (C=O) groups is 2. The van der Waals surface area contributed by atoms with Crippen LogP contribution in [0.5, 0.6) is 0 Å². The molecule has 0 radical (unpaired) electrons. The van der Waals surface area contributed by atoms with Crippen molar-refractivity contribution in [1.82, 2.24) is 15.5 Å². The summed E-state index contributed by atoms with van der Waals surface area (Å²) in [4.78, 5) is 27.2. The van der Waals surface area contributed by atoms with Gasteiger partial charge in [-0.3, -0.25) is 14.5 Å². The van der Waals surface area contributed by atoms with Gasteiger partial charge in [0.25, 0.3) is 5.91 Å². The molecule has 0 unspecified atom stereocenters. The van der Waals surface area contributed by atoms with Crippen molar-refractivity contribution in [2.45, 2.75) is 25.6 Å². The molecular weight excluding hydrogens is 362 g/mol. The van der Waals surface area contributed by atoms with Crippen LogP contribution in [0.1, 0.15) is 22.2 Å². The summed E-state index contributed by atoms with van der Waals surface area (Å²) in [5, 5.41) is 7.44. The van der Waals surface area contributed by atoms with E-state index in [4.69, 9.17) is 4.74 Å². The SMILES string of the molecule is C[C@@H](NC(=O)c1cccs1)C(=O)NC[C@@H]1CN(Cc2ccccc2)CCO1. The lowest BCUT2D eigenvalue weighted by Crippen LogP contribution is -2.50. The molecule has 1 saturated heterocycles. The van der Waals surface area contributed by atoms with Gasteiger partial charge in [-0.2, -0.15) is 0 Å². The van der Waals surface area contributed by atoms with Crippen molar-refractivity contribution in [2.24, 2.45) is 0 Å². The first-order valence-electron chi connectivity index (χ1n) is 9.12. The second kappa shape index (κ2) is 9.64. The van der Waals surface area contributed by atoms with Crippen LogP contribution in [-0.2, 0) is 16.1 Å². The van der Waals surface area contributed by atoms with Crippen LogP contribution < -0.4 is 10.6 Å². The Labute approximate surface area is 163 Å². The van der Waals surface area contributed by atoms with Crippen LogP contribution in [0.3, 0.4) is 0 Å². The van der Waals surface area contributed by atoms with E-state index in [0.29, 0.717) is 18.0 Å². The first-order chi connectivity index (χ1) is 13.1. The summed E-state index contributed by atoms with van der Waals surface area (Å²) in [6, 6.07) is 13.3. The van der Waals surface area contributed by atoms with Crippen molar-refractivity contribution < 1.29 is 14.3 Å². The van der Waals surface area contributed by atoms with Crippen molar-refractivity contribution in [1.29, 1.82) is 0 Å². The van der Waals surface area contributed by atoms with Gasteiger partial charge in [0.15, 0.2) is 0 Å². The highest BCUT2D eigenvalue weighted by atomic mass is 32.1. The van der Waals surface area contributed by atoms with Crippen LogP contribution in [0.2, 0.25) is 0 Å². The van der Waals surface area contributed by atoms with Gasteiger partial charge in [0, 0.05) is 26.2 Å². The summed E-state index contributed by atoms with van der Waals surface area (Å²) in [7, 11) is 0. The minimum atomic E-state index is -0.594. The molecule has 2 atom stereocenters. The van der Waals surface area contributed by atoms with E-state index >= 15 is 0 Å². The summed E-state index contributed by atoms with van der Waals surface area (Å²) < 4.78 is 5.77. The third-order valence-corrected chi connectivity index (χ3v) is 5.33. The van der Waals surface area contributed by atoms with E-state index in [0.717, 1.165) is 19.6 Å². The Hall–Kier alpha value is -2.22. The van der Waals surface area contributed by atoms with Crippen molar-refractivity contribution in [3.05, 3.63) is 58.3 Å². The Morgan fingerprint density at radius 3 is 2.81 bits per heavy atom. The maximum absolute atomic E-state index is 12.3. The molecule has 27 heavy (non-hydrogen) atoms. The lowest BCUT2D eigenvalue weighted by Gasteiger charge is -2.33. The van der Waals surface area contributed by atoms with Crippen LogP contribution in [0.15, 0.2) is 47.8 Å². The fourth-order valence-corrected chi connectivity index (χ4v) is 3.62. The quantitative estimate of drug-likeness (QED) is 0.761. The maximum atomic E-state index is 12.3. The molecule has 1 fully saturated rings. The van der Waals surface area contributed by atoms with Gasteiger partial charge < -0.3 is 15.4 Å². The lowest BCUT2D eigenvalue weighted by atomic mass is 10.2. The zero-order valence-electron chi connectivity index (χ0n) is 15.4. The molecule has 144 valence electrons. The highest BCUT2D eigenvalue weighted by Crippen LogP contribution is 2.10. The minimum Gasteiger partial charge on any atom is -0.374 e. The summed E-state index contributed by atoms with van der Waals surface area (Å²) in [5.41, 5.74) is 1.27. The Kier molecular flexibility index (Phi) is 6.98. The van der Waals surface area contributed by atoms with Crippen LogP contribution in [-0.4, -0.2) is 55.1 Å². The average molecular weight is 388 g/mol. The van der Waals surface area contributed by atoms with Crippen LogP contribution >= 0.6 is 11.3 Å². The number of morpholine rings is 1. The number of hydrogen-bond donors (Lipinski definition) is 2. The number of benzene rings is 1. The monoisotopic (exact) mass is 387 g/mol. The number of nitrogens with zero attached hydrogens (tertiary/aromatic N) is 1. The van der Waals surface area contributed by atoms with Gasteiger partial charge in [-0.25, -0.2) is 0 Å². The molecule has 2 heterocycles. The van der Waals surface area contributed by atoms with Gasteiger partial charge in [0.2, 0.25) is 5.91 Å². The van der Waals surface area contributed by atoms with Crippen molar-refractivity contribution in [3.8, 4) is 0 Å². The molecule has 2 N–H and O–H groups in total. The molecule has 1 aliphatic rings. The molecule has 1 aromatic heterocycles. The van der Waals surface area contributed by atoms with Crippen molar-refractivity contribution in [2.75, 3.05) is 26.2 Å². The zero-order chi connectivity index (χ0) is 19.1. The molecule has 0 bridgehead atoms. The number of thiophene rings is 1. The number of hydrogen-bond acceptors (Lipinski definition) is 5. The minimum absolute atomic E-state index is 0.0494. The molecule has 6 nitrogen and oxygen atoms in total. The second-order valence-electron chi connectivity index (χ2n) is 6.63. The largest absolute Gasteiger partial charge is 0.374 e. The predicted molar refractivity (Wildman–Crippen MR) is 106 cm³/mol. The first kappa shape index (κ1) is 19.5. The average Bonchev–Trinajstić information content (AvgIpc) is 3.22. The summed E-state index contributed by atoms with van der Waals surface area (Å²) in [6.45, 7) is 5.30. The van der Waals surface area contributed by atoms with Gasteiger partial charge in [0.05, 0.1) is 17.6 Å². The summed E-state index contributed by atoms with van der Waals surface area (Å²) in [5.74, 6) is -0.431. The van der Waals surface area contributed by atoms with Gasteiger partial charge >= 0.3 is 0 Å². The topological polar surface area (TPSA) is 70.7 Å². The van der Waals surface area contributed by atoms with E-state index < -0.39 is 6.04 Å². The highest BCUT2D eigenvalue weighted by molar-refractivity contribution is 7.12. The van der Waals surface area contributed by atoms with Gasteiger partial charge in [0.1, 0.15) is 6.04 Å². The molecule has 3 rings (SSSR count). The molecule has 1 aliphatic heterocycles. The molecule has 0 saturated carbocycles. The van der Waals surface area contributed by atoms with E-state index in [2.05, 4.69) is 27.7 Å². The molecule has 2 amide bonds. The molecule has 7 heteroatoms. The van der Waals surface area contributed by atoms with E-state index in [9.17, 15) is 9.59 Å². The first-order valence-corrected chi connectivity index (χ1v) is 10.00. The molecule has 0 spiro atoms. The standard InChI is InChI=1S/C20H25N3O3S/c1-15(22-20(25)18-8-5-11-27-18)19(24)21-12-17-14-23(9-10-26-17)13-16-6-3-2-4-7-16/h2-8,11,15,17H,9-10,12-14H2,1H3,(H,21,24)(H,22,25)/t15-,17-/m1/s1. The van der Waals surface area contributed by atoms with E-state index in [-0.39, 0.29) is 17.9 Å².